The first-order chi connectivity index (χ1) is 11.3. The van der Waals surface area contributed by atoms with Crippen LogP contribution >= 0.6 is 0 Å². The van der Waals surface area contributed by atoms with E-state index in [1.54, 1.807) is 0 Å². The molecule has 3 heteroatoms. The van der Waals surface area contributed by atoms with Gasteiger partial charge in [0.2, 0.25) is 0 Å². The topological polar surface area (TPSA) is 45.0 Å². The Morgan fingerprint density at radius 3 is 2.74 bits per heavy atom. The normalized spacial score (nSPS) is 18.5. The lowest BCUT2D eigenvalue weighted by molar-refractivity contribution is 0.184. The van der Waals surface area contributed by atoms with Gasteiger partial charge in [-0.1, -0.05) is 36.4 Å². The van der Waals surface area contributed by atoms with Crippen LogP contribution in [-0.2, 0) is 4.74 Å². The van der Waals surface area contributed by atoms with Gasteiger partial charge in [0.25, 0.3) is 0 Å². The van der Waals surface area contributed by atoms with Crippen LogP contribution in [0.15, 0.2) is 48.5 Å². The predicted molar refractivity (Wildman–Crippen MR) is 91.9 cm³/mol. The monoisotopic (exact) mass is 306 g/mol. The van der Waals surface area contributed by atoms with Crippen molar-refractivity contribution in [2.24, 2.45) is 5.92 Å². The second-order valence-corrected chi connectivity index (χ2v) is 6.17. The Hall–Kier alpha value is -2.15. The van der Waals surface area contributed by atoms with Crippen molar-refractivity contribution in [3.05, 3.63) is 59.7 Å². The van der Waals surface area contributed by atoms with Gasteiger partial charge in [0.05, 0.1) is 18.2 Å². The molecule has 0 aliphatic carbocycles. The largest absolute Gasteiger partial charge is 0.381 e. The minimum absolute atomic E-state index is 0.329. The van der Waals surface area contributed by atoms with Crippen LogP contribution in [0.5, 0.6) is 0 Å². The van der Waals surface area contributed by atoms with Crippen LogP contribution in [-0.4, -0.2) is 19.8 Å². The molecule has 3 rings (SSSR count). The number of hydrogen-bond acceptors (Lipinski definition) is 3. The second-order valence-electron chi connectivity index (χ2n) is 6.17. The van der Waals surface area contributed by atoms with Crippen molar-refractivity contribution in [1.29, 1.82) is 5.26 Å². The number of nitrogens with one attached hydrogen (secondary N) is 1. The van der Waals surface area contributed by atoms with Gasteiger partial charge in [0.1, 0.15) is 0 Å². The Labute approximate surface area is 137 Å². The second kappa shape index (κ2) is 7.41. The van der Waals surface area contributed by atoms with E-state index in [9.17, 15) is 0 Å². The van der Waals surface area contributed by atoms with E-state index in [0.717, 1.165) is 37.3 Å². The molecule has 0 aromatic heterocycles. The van der Waals surface area contributed by atoms with Gasteiger partial charge >= 0.3 is 0 Å². The zero-order chi connectivity index (χ0) is 16.1. The molecule has 2 aromatic rings. The highest BCUT2D eigenvalue weighted by atomic mass is 16.5. The van der Waals surface area contributed by atoms with Crippen molar-refractivity contribution in [1.82, 2.24) is 5.32 Å². The van der Waals surface area contributed by atoms with Crippen molar-refractivity contribution >= 4 is 0 Å². The molecule has 2 atom stereocenters. The van der Waals surface area contributed by atoms with Crippen molar-refractivity contribution in [3.8, 4) is 17.2 Å². The molecule has 0 amide bonds. The molecule has 3 nitrogen and oxygen atoms in total. The molecule has 1 heterocycles. The Kier molecular flexibility index (Phi) is 5.07. The van der Waals surface area contributed by atoms with Crippen LogP contribution in [0.3, 0.4) is 0 Å². The molecule has 1 saturated heterocycles. The standard InChI is InChI=1S/C20H22N2O/c1-15(22-13-17-9-10-23-14-17)18-5-7-19(8-6-18)20-4-2-3-16(11-20)12-21/h2-8,11,15,17,22H,9-10,13-14H2,1H3/t15-,17-/m1/s1. The lowest BCUT2D eigenvalue weighted by atomic mass is 10.00. The van der Waals surface area contributed by atoms with Gasteiger partial charge in [-0.2, -0.15) is 5.26 Å². The van der Waals surface area contributed by atoms with E-state index in [-0.39, 0.29) is 0 Å². The molecule has 0 radical (unpaired) electrons. The van der Waals surface area contributed by atoms with E-state index in [0.29, 0.717) is 17.5 Å². The Morgan fingerprint density at radius 2 is 2.04 bits per heavy atom. The molecule has 1 fully saturated rings. The Morgan fingerprint density at radius 1 is 1.22 bits per heavy atom. The van der Waals surface area contributed by atoms with Crippen LogP contribution in [0.4, 0.5) is 0 Å². The number of benzene rings is 2. The first kappa shape index (κ1) is 15.7. The summed E-state index contributed by atoms with van der Waals surface area (Å²) in [6.07, 6.45) is 1.16. The first-order valence-corrected chi connectivity index (χ1v) is 8.18. The van der Waals surface area contributed by atoms with Crippen LogP contribution in [0.25, 0.3) is 11.1 Å². The molecule has 0 unspecified atom stereocenters. The zero-order valence-electron chi connectivity index (χ0n) is 13.5. The number of rotatable bonds is 5. The maximum Gasteiger partial charge on any atom is 0.0991 e. The highest BCUT2D eigenvalue weighted by Crippen LogP contribution is 2.23. The van der Waals surface area contributed by atoms with Crippen molar-refractivity contribution in [3.63, 3.8) is 0 Å². The summed E-state index contributed by atoms with van der Waals surface area (Å²) < 4.78 is 5.42. The quantitative estimate of drug-likeness (QED) is 0.911. The lowest BCUT2D eigenvalue weighted by Gasteiger charge is -2.17. The molecule has 0 spiro atoms. The van der Waals surface area contributed by atoms with Gasteiger partial charge in [0.15, 0.2) is 0 Å². The molecule has 0 bridgehead atoms. The summed E-state index contributed by atoms with van der Waals surface area (Å²) in [4.78, 5) is 0. The number of nitriles is 1. The fourth-order valence-corrected chi connectivity index (χ4v) is 2.94. The van der Waals surface area contributed by atoms with Gasteiger partial charge < -0.3 is 10.1 Å². The average molecular weight is 306 g/mol. The van der Waals surface area contributed by atoms with E-state index in [1.165, 1.54) is 5.56 Å². The smallest absolute Gasteiger partial charge is 0.0991 e. The van der Waals surface area contributed by atoms with Crippen LogP contribution in [0.1, 0.15) is 30.5 Å². The van der Waals surface area contributed by atoms with Gasteiger partial charge in [-0.25, -0.2) is 0 Å². The lowest BCUT2D eigenvalue weighted by Crippen LogP contribution is -2.25. The van der Waals surface area contributed by atoms with E-state index in [4.69, 9.17) is 10.00 Å². The fraction of sp³-hybridized carbons (Fsp3) is 0.350. The molecule has 0 saturated carbocycles. The fourth-order valence-electron chi connectivity index (χ4n) is 2.94. The molecule has 23 heavy (non-hydrogen) atoms. The summed E-state index contributed by atoms with van der Waals surface area (Å²) in [6, 6.07) is 18.8. The summed E-state index contributed by atoms with van der Waals surface area (Å²) in [5.74, 6) is 0.644. The molecule has 1 aliphatic rings. The average Bonchev–Trinajstić information content (AvgIpc) is 3.13. The molecule has 1 N–H and O–H groups in total. The highest BCUT2D eigenvalue weighted by molar-refractivity contribution is 5.65. The Bertz CT molecular complexity index is 682. The maximum atomic E-state index is 9.01. The molecule has 2 aromatic carbocycles. The summed E-state index contributed by atoms with van der Waals surface area (Å²) in [5.41, 5.74) is 4.20. The first-order valence-electron chi connectivity index (χ1n) is 8.18. The van der Waals surface area contributed by atoms with Gasteiger partial charge in [0, 0.05) is 19.2 Å². The maximum absolute atomic E-state index is 9.01. The molecular weight excluding hydrogens is 284 g/mol. The van der Waals surface area contributed by atoms with Crippen LogP contribution < -0.4 is 5.32 Å². The minimum atomic E-state index is 0.329. The van der Waals surface area contributed by atoms with Crippen molar-refractivity contribution < 1.29 is 4.74 Å². The summed E-state index contributed by atoms with van der Waals surface area (Å²) in [7, 11) is 0. The van der Waals surface area contributed by atoms with E-state index >= 15 is 0 Å². The number of hydrogen-bond donors (Lipinski definition) is 1. The van der Waals surface area contributed by atoms with Crippen molar-refractivity contribution in [2.45, 2.75) is 19.4 Å². The van der Waals surface area contributed by atoms with E-state index < -0.39 is 0 Å². The van der Waals surface area contributed by atoms with Crippen LogP contribution in [0, 0.1) is 17.2 Å². The summed E-state index contributed by atoms with van der Waals surface area (Å²) in [5, 5.41) is 12.6. The summed E-state index contributed by atoms with van der Waals surface area (Å²) >= 11 is 0. The number of ether oxygens (including phenoxy) is 1. The number of nitrogens with zero attached hydrogens (tertiary/aromatic N) is 1. The van der Waals surface area contributed by atoms with Gasteiger partial charge in [-0.15, -0.1) is 0 Å². The highest BCUT2D eigenvalue weighted by Gasteiger charge is 2.16. The summed E-state index contributed by atoms with van der Waals surface area (Å²) in [6.45, 7) is 4.99. The van der Waals surface area contributed by atoms with Crippen LogP contribution in [0.2, 0.25) is 0 Å². The van der Waals surface area contributed by atoms with Crippen molar-refractivity contribution in [2.75, 3.05) is 19.8 Å². The predicted octanol–water partition coefficient (Wildman–Crippen LogP) is 3.91. The van der Waals surface area contributed by atoms with E-state index in [1.807, 2.05) is 24.3 Å². The molecular formula is C20H22N2O. The molecule has 1 aliphatic heterocycles. The third-order valence-electron chi connectivity index (χ3n) is 4.47. The Balaban J connectivity index is 1.65. The third kappa shape index (κ3) is 3.98. The van der Waals surface area contributed by atoms with E-state index in [2.05, 4.69) is 42.6 Å². The molecule has 118 valence electrons. The zero-order valence-corrected chi connectivity index (χ0v) is 13.5. The van der Waals surface area contributed by atoms with Gasteiger partial charge in [-0.05, 0) is 48.1 Å². The minimum Gasteiger partial charge on any atom is -0.381 e. The van der Waals surface area contributed by atoms with Gasteiger partial charge in [-0.3, -0.25) is 0 Å². The third-order valence-corrected chi connectivity index (χ3v) is 4.47. The SMILES string of the molecule is C[C@@H](NC[C@H]1CCOC1)c1ccc(-c2cccc(C#N)c2)cc1.